The second-order valence-electron chi connectivity index (χ2n) is 3.90. The van der Waals surface area contributed by atoms with Crippen LogP contribution in [0, 0.1) is 0 Å². The zero-order chi connectivity index (χ0) is 9.97. The molecular weight excluding hydrogens is 178 g/mol. The Bertz CT molecular complexity index is 332. The van der Waals surface area contributed by atoms with Crippen LogP contribution < -0.4 is 0 Å². The quantitative estimate of drug-likeness (QED) is 0.634. The number of hydrogen-bond donors (Lipinski definition) is 0. The van der Waals surface area contributed by atoms with Gasteiger partial charge in [0.15, 0.2) is 0 Å². The fourth-order valence-electron chi connectivity index (χ4n) is 2.09. The number of rotatable bonds is 1. The van der Waals surface area contributed by atoms with Gasteiger partial charge in [0.05, 0.1) is 17.8 Å². The molecule has 4 heteroatoms. The molecule has 4 nitrogen and oxygen atoms in total. The molecule has 0 aromatic carbocycles. The number of Topliss-reactive ketones (excluding diaryl/α,β-unsaturated/α-hetero) is 1. The number of aryl methyl sites for hydroxylation is 1. The summed E-state index contributed by atoms with van der Waals surface area (Å²) in [4.78, 5) is 11.8. The normalized spacial score (nSPS) is 23.5. The van der Waals surface area contributed by atoms with Gasteiger partial charge < -0.3 is 0 Å². The fourth-order valence-corrected chi connectivity index (χ4v) is 2.09. The molecule has 1 heterocycles. The van der Waals surface area contributed by atoms with Crippen molar-refractivity contribution in [2.75, 3.05) is 0 Å². The van der Waals surface area contributed by atoms with E-state index in [1.165, 1.54) is 6.42 Å². The first kappa shape index (κ1) is 9.37. The van der Waals surface area contributed by atoms with E-state index >= 15 is 0 Å². The monoisotopic (exact) mass is 193 g/mol. The van der Waals surface area contributed by atoms with Gasteiger partial charge in [0.2, 0.25) is 0 Å². The highest BCUT2D eigenvalue weighted by molar-refractivity contribution is 5.85. The van der Waals surface area contributed by atoms with Gasteiger partial charge in [0.25, 0.3) is 0 Å². The second-order valence-corrected chi connectivity index (χ2v) is 3.90. The van der Waals surface area contributed by atoms with Crippen molar-refractivity contribution in [3.63, 3.8) is 0 Å². The van der Waals surface area contributed by atoms with Crippen LogP contribution in [0.4, 0.5) is 0 Å². The summed E-state index contributed by atoms with van der Waals surface area (Å²) in [5.41, 5.74) is 0.969. The number of carbonyl (C=O) groups is 1. The van der Waals surface area contributed by atoms with Gasteiger partial charge in [-0.2, -0.15) is 0 Å². The molecule has 0 bridgehead atoms. The molecule has 1 fully saturated rings. The Morgan fingerprint density at radius 2 is 2.29 bits per heavy atom. The topological polar surface area (TPSA) is 47.8 Å². The highest BCUT2D eigenvalue weighted by atomic mass is 16.1. The molecule has 0 aliphatic heterocycles. The summed E-state index contributed by atoms with van der Waals surface area (Å²) in [5.74, 6) is 0.394. The molecule has 0 radical (unpaired) electrons. The van der Waals surface area contributed by atoms with Crippen molar-refractivity contribution in [3.05, 3.63) is 11.9 Å². The van der Waals surface area contributed by atoms with Gasteiger partial charge in [0, 0.05) is 13.5 Å². The lowest BCUT2D eigenvalue weighted by Gasteiger charge is -2.11. The summed E-state index contributed by atoms with van der Waals surface area (Å²) in [6.45, 7) is 0. The molecule has 0 saturated heterocycles. The molecular formula is C10H15N3O. The highest BCUT2D eigenvalue weighted by Gasteiger charge is 2.24. The Balaban J connectivity index is 2.23. The molecule has 14 heavy (non-hydrogen) atoms. The number of nitrogens with zero attached hydrogens (tertiary/aromatic N) is 3. The van der Waals surface area contributed by atoms with E-state index in [9.17, 15) is 4.79 Å². The Hall–Kier alpha value is -1.19. The van der Waals surface area contributed by atoms with Crippen LogP contribution in [0.15, 0.2) is 6.20 Å². The summed E-state index contributed by atoms with van der Waals surface area (Å²) in [5, 5.41) is 7.69. The first-order valence-electron chi connectivity index (χ1n) is 5.16. The Morgan fingerprint density at radius 3 is 3.00 bits per heavy atom. The van der Waals surface area contributed by atoms with Crippen molar-refractivity contribution in [2.24, 2.45) is 7.05 Å². The highest BCUT2D eigenvalue weighted by Crippen LogP contribution is 2.27. The number of carbonyl (C=O) groups excluding carboxylic acids is 1. The smallest absolute Gasteiger partial charge is 0.141 e. The van der Waals surface area contributed by atoms with E-state index in [4.69, 9.17) is 0 Å². The Labute approximate surface area is 83.3 Å². The van der Waals surface area contributed by atoms with Crippen molar-refractivity contribution in [3.8, 4) is 0 Å². The van der Waals surface area contributed by atoms with Crippen molar-refractivity contribution in [2.45, 2.75) is 38.0 Å². The van der Waals surface area contributed by atoms with Crippen LogP contribution in [-0.2, 0) is 11.8 Å². The zero-order valence-electron chi connectivity index (χ0n) is 8.44. The zero-order valence-corrected chi connectivity index (χ0v) is 8.44. The third-order valence-corrected chi connectivity index (χ3v) is 2.91. The summed E-state index contributed by atoms with van der Waals surface area (Å²) < 4.78 is 1.72. The Morgan fingerprint density at radius 1 is 1.43 bits per heavy atom. The molecule has 0 spiro atoms. The minimum atomic E-state index is 0.0394. The molecule has 1 aromatic heterocycles. The molecule has 1 aliphatic carbocycles. The minimum absolute atomic E-state index is 0.0394. The van der Waals surface area contributed by atoms with Crippen molar-refractivity contribution in [1.82, 2.24) is 15.0 Å². The van der Waals surface area contributed by atoms with Crippen LogP contribution in [0.1, 0.15) is 43.7 Å². The third kappa shape index (κ3) is 1.69. The lowest BCUT2D eigenvalue weighted by molar-refractivity contribution is -0.120. The van der Waals surface area contributed by atoms with E-state index in [1.54, 1.807) is 10.9 Å². The van der Waals surface area contributed by atoms with E-state index in [-0.39, 0.29) is 5.92 Å². The Kier molecular flexibility index (Phi) is 2.61. The van der Waals surface area contributed by atoms with Gasteiger partial charge in [-0.3, -0.25) is 9.48 Å². The van der Waals surface area contributed by atoms with Crippen LogP contribution in [-0.4, -0.2) is 20.8 Å². The standard InChI is InChI=1S/C10H15N3O/c1-13-9(7-11-12-13)8-5-3-2-4-6-10(8)14/h7-8H,2-6H2,1H3. The number of aromatic nitrogens is 3. The van der Waals surface area contributed by atoms with Crippen LogP contribution in [0.3, 0.4) is 0 Å². The van der Waals surface area contributed by atoms with Gasteiger partial charge in [-0.15, -0.1) is 5.10 Å². The lowest BCUT2D eigenvalue weighted by Crippen LogP contribution is -2.14. The third-order valence-electron chi connectivity index (χ3n) is 2.91. The van der Waals surface area contributed by atoms with E-state index < -0.39 is 0 Å². The van der Waals surface area contributed by atoms with Crippen LogP contribution >= 0.6 is 0 Å². The maximum absolute atomic E-state index is 11.8. The largest absolute Gasteiger partial charge is 0.299 e. The molecule has 1 aliphatic rings. The fraction of sp³-hybridized carbons (Fsp3) is 0.700. The molecule has 2 rings (SSSR count). The predicted molar refractivity (Wildman–Crippen MR) is 51.8 cm³/mol. The van der Waals surface area contributed by atoms with E-state index in [0.717, 1.165) is 31.4 Å². The first-order valence-corrected chi connectivity index (χ1v) is 5.16. The van der Waals surface area contributed by atoms with E-state index in [2.05, 4.69) is 10.3 Å². The molecule has 1 unspecified atom stereocenters. The number of hydrogen-bond acceptors (Lipinski definition) is 3. The van der Waals surface area contributed by atoms with Gasteiger partial charge >= 0.3 is 0 Å². The summed E-state index contributed by atoms with van der Waals surface area (Å²) in [7, 11) is 1.85. The van der Waals surface area contributed by atoms with Crippen LogP contribution in [0.2, 0.25) is 0 Å². The van der Waals surface area contributed by atoms with Gasteiger partial charge in [-0.05, 0) is 12.8 Å². The second kappa shape index (κ2) is 3.90. The SMILES string of the molecule is Cn1nncc1C1CCCCCC1=O. The van der Waals surface area contributed by atoms with Crippen LogP contribution in [0.25, 0.3) is 0 Å². The van der Waals surface area contributed by atoms with E-state index in [0.29, 0.717) is 5.78 Å². The summed E-state index contributed by atoms with van der Waals surface area (Å²) >= 11 is 0. The van der Waals surface area contributed by atoms with Crippen molar-refractivity contribution >= 4 is 5.78 Å². The van der Waals surface area contributed by atoms with Crippen molar-refractivity contribution < 1.29 is 4.79 Å². The molecule has 1 atom stereocenters. The lowest BCUT2D eigenvalue weighted by atomic mass is 9.96. The molecule has 1 saturated carbocycles. The van der Waals surface area contributed by atoms with Crippen molar-refractivity contribution in [1.29, 1.82) is 0 Å². The average Bonchev–Trinajstić information content (AvgIpc) is 2.46. The summed E-state index contributed by atoms with van der Waals surface area (Å²) in [6.07, 6.45) is 6.75. The maximum atomic E-state index is 11.8. The predicted octanol–water partition coefficient (Wildman–Crippen LogP) is 1.43. The molecule has 1 aromatic rings. The first-order chi connectivity index (χ1) is 6.79. The molecule has 76 valence electrons. The maximum Gasteiger partial charge on any atom is 0.141 e. The number of ketones is 1. The average molecular weight is 193 g/mol. The summed E-state index contributed by atoms with van der Waals surface area (Å²) in [6, 6.07) is 0. The van der Waals surface area contributed by atoms with E-state index in [1.807, 2.05) is 7.05 Å². The van der Waals surface area contributed by atoms with Gasteiger partial charge in [0.1, 0.15) is 5.78 Å². The molecule has 0 amide bonds. The van der Waals surface area contributed by atoms with Gasteiger partial charge in [-0.1, -0.05) is 18.1 Å². The van der Waals surface area contributed by atoms with Crippen LogP contribution in [0.5, 0.6) is 0 Å². The van der Waals surface area contributed by atoms with Gasteiger partial charge in [-0.25, -0.2) is 0 Å². The minimum Gasteiger partial charge on any atom is -0.299 e. The molecule has 0 N–H and O–H groups in total.